The largest absolute Gasteiger partial charge is 0.495 e. The van der Waals surface area contributed by atoms with Crippen molar-refractivity contribution in [1.29, 1.82) is 0 Å². The molecule has 1 heterocycles. The van der Waals surface area contributed by atoms with E-state index in [1.807, 2.05) is 24.3 Å². The van der Waals surface area contributed by atoms with Crippen molar-refractivity contribution >= 4 is 39.1 Å². The molecule has 7 nitrogen and oxygen atoms in total. The molecule has 2 aromatic rings. The molecule has 2 aromatic carbocycles. The van der Waals surface area contributed by atoms with Crippen LogP contribution in [0.25, 0.3) is 0 Å². The molecule has 1 fully saturated rings. The second kappa shape index (κ2) is 9.10. The van der Waals surface area contributed by atoms with Crippen molar-refractivity contribution in [2.45, 2.75) is 47.3 Å². The maximum absolute atomic E-state index is 13.1. The molecular weight excluding hydrogens is 434 g/mol. The second-order valence-electron chi connectivity index (χ2n) is 7.84. The highest BCUT2D eigenvalue weighted by atomic mass is 32.2. The van der Waals surface area contributed by atoms with Crippen molar-refractivity contribution in [3.05, 3.63) is 42.5 Å². The summed E-state index contributed by atoms with van der Waals surface area (Å²) in [7, 11) is -2.08. The summed E-state index contributed by atoms with van der Waals surface area (Å²) in [6, 6.07) is 12.6. The van der Waals surface area contributed by atoms with Gasteiger partial charge in [-0.25, -0.2) is 13.1 Å². The molecular formula is C22H27N3O4S2. The zero-order valence-corrected chi connectivity index (χ0v) is 19.3. The molecule has 2 N–H and O–H groups in total. The summed E-state index contributed by atoms with van der Waals surface area (Å²) in [6.45, 7) is 2.84. The summed E-state index contributed by atoms with van der Waals surface area (Å²) in [6.07, 6.45) is 2.63. The van der Waals surface area contributed by atoms with Crippen LogP contribution < -0.4 is 19.7 Å². The minimum atomic E-state index is -3.60. The Hall–Kier alpha value is -2.23. The van der Waals surface area contributed by atoms with E-state index in [9.17, 15) is 13.2 Å². The van der Waals surface area contributed by atoms with Crippen molar-refractivity contribution in [2.24, 2.45) is 0 Å². The Morgan fingerprint density at radius 1 is 1.19 bits per heavy atom. The van der Waals surface area contributed by atoms with Gasteiger partial charge in [0.1, 0.15) is 5.75 Å². The van der Waals surface area contributed by atoms with Gasteiger partial charge < -0.3 is 15.0 Å². The highest BCUT2D eigenvalue weighted by molar-refractivity contribution is 8.00. The number of anilines is 2. The number of fused-ring (bicyclic) bond motifs is 1. The molecule has 166 valence electrons. The molecule has 0 radical (unpaired) electrons. The second-order valence-corrected chi connectivity index (χ2v) is 11.0. The summed E-state index contributed by atoms with van der Waals surface area (Å²) >= 11 is 1.78. The Bertz CT molecular complexity index is 1070. The first-order chi connectivity index (χ1) is 14.9. The van der Waals surface area contributed by atoms with Gasteiger partial charge in [0.15, 0.2) is 0 Å². The fraction of sp³-hybridized carbons (Fsp3) is 0.409. The molecule has 1 amide bonds. The van der Waals surface area contributed by atoms with Crippen LogP contribution in [0.2, 0.25) is 0 Å². The molecule has 1 atom stereocenters. The first kappa shape index (κ1) is 22.0. The average molecular weight is 462 g/mol. The van der Waals surface area contributed by atoms with Crippen molar-refractivity contribution in [3.8, 4) is 5.75 Å². The summed E-state index contributed by atoms with van der Waals surface area (Å²) in [4.78, 5) is 16.2. The molecule has 1 aliphatic heterocycles. The van der Waals surface area contributed by atoms with E-state index in [0.29, 0.717) is 23.2 Å². The van der Waals surface area contributed by atoms with Crippen LogP contribution >= 0.6 is 11.8 Å². The number of amides is 1. The Morgan fingerprint density at radius 3 is 2.71 bits per heavy atom. The van der Waals surface area contributed by atoms with Crippen LogP contribution in [0.3, 0.4) is 0 Å². The number of rotatable bonds is 7. The van der Waals surface area contributed by atoms with Crippen LogP contribution in [0.15, 0.2) is 52.3 Å². The van der Waals surface area contributed by atoms with Crippen LogP contribution in [-0.4, -0.2) is 45.8 Å². The lowest BCUT2D eigenvalue weighted by Gasteiger charge is -2.23. The van der Waals surface area contributed by atoms with Gasteiger partial charge in [-0.1, -0.05) is 19.1 Å². The third-order valence-corrected chi connectivity index (χ3v) is 8.11. The predicted molar refractivity (Wildman–Crippen MR) is 124 cm³/mol. The summed E-state index contributed by atoms with van der Waals surface area (Å²) in [5, 5.41) is 3.51. The molecule has 0 saturated heterocycles. The number of nitrogens with one attached hydrogen (secondary N) is 2. The number of carbonyl (C=O) groups is 1. The smallest absolute Gasteiger partial charge is 0.246 e. The minimum absolute atomic E-state index is 0.0217. The topological polar surface area (TPSA) is 87.7 Å². The minimum Gasteiger partial charge on any atom is -0.495 e. The number of hydrogen-bond donors (Lipinski definition) is 2. The fourth-order valence-corrected chi connectivity index (χ4v) is 5.94. The van der Waals surface area contributed by atoms with E-state index < -0.39 is 10.0 Å². The van der Waals surface area contributed by atoms with Crippen LogP contribution in [0.5, 0.6) is 5.75 Å². The summed E-state index contributed by atoms with van der Waals surface area (Å²) in [5.74, 6) is 0.409. The van der Waals surface area contributed by atoms with Gasteiger partial charge in [-0.3, -0.25) is 4.79 Å². The Morgan fingerprint density at radius 2 is 1.97 bits per heavy atom. The number of methoxy groups -OCH3 is 1. The number of para-hydroxylation sites is 1. The van der Waals surface area contributed by atoms with Crippen molar-refractivity contribution < 1.29 is 17.9 Å². The number of sulfonamides is 1. The Kier molecular flexibility index (Phi) is 6.45. The lowest BCUT2D eigenvalue weighted by Crippen LogP contribution is -2.36. The van der Waals surface area contributed by atoms with Gasteiger partial charge in [-0.15, -0.1) is 11.8 Å². The van der Waals surface area contributed by atoms with Gasteiger partial charge in [0.2, 0.25) is 15.9 Å². The van der Waals surface area contributed by atoms with Crippen molar-refractivity contribution in [3.63, 3.8) is 0 Å². The van der Waals surface area contributed by atoms with Gasteiger partial charge in [-0.2, -0.15) is 0 Å². The van der Waals surface area contributed by atoms with Crippen LogP contribution in [-0.2, 0) is 14.8 Å². The van der Waals surface area contributed by atoms with Gasteiger partial charge >= 0.3 is 0 Å². The van der Waals surface area contributed by atoms with E-state index >= 15 is 0 Å². The molecule has 2 aliphatic rings. The molecule has 1 saturated carbocycles. The quantitative estimate of drug-likeness (QED) is 0.657. The highest BCUT2D eigenvalue weighted by Crippen LogP contribution is 2.37. The monoisotopic (exact) mass is 461 g/mol. The summed E-state index contributed by atoms with van der Waals surface area (Å²) in [5.41, 5.74) is 1.39. The number of nitrogens with zero attached hydrogens (tertiary/aromatic N) is 1. The normalized spacial score (nSPS) is 18.8. The molecule has 0 spiro atoms. The standard InChI is InChI=1S/C22H27N3O4S2/c1-15-11-12-25(19-5-3-4-6-21(19)30-15)22(26)14-23-18-13-17(9-10-20(18)29-2)31(27,28)24-16-7-8-16/h3-6,9-10,13,15-16,23-24H,7-8,11-12,14H2,1-2H3/t15-/m1/s1. The van der Waals surface area contributed by atoms with Crippen molar-refractivity contribution in [1.82, 2.24) is 4.72 Å². The van der Waals surface area contributed by atoms with Gasteiger partial charge in [-0.05, 0) is 49.6 Å². The van der Waals surface area contributed by atoms with E-state index in [4.69, 9.17) is 4.74 Å². The molecule has 4 rings (SSSR count). The highest BCUT2D eigenvalue weighted by Gasteiger charge is 2.29. The first-order valence-electron chi connectivity index (χ1n) is 10.4. The van der Waals surface area contributed by atoms with Gasteiger partial charge in [0, 0.05) is 22.7 Å². The third-order valence-electron chi connectivity index (χ3n) is 5.35. The third kappa shape index (κ3) is 5.16. The van der Waals surface area contributed by atoms with Gasteiger partial charge in [0.05, 0.1) is 29.9 Å². The number of carbonyl (C=O) groups excluding carboxylic acids is 1. The van der Waals surface area contributed by atoms with E-state index in [1.165, 1.54) is 19.2 Å². The Balaban J connectivity index is 1.52. The van der Waals surface area contributed by atoms with Crippen LogP contribution in [0.1, 0.15) is 26.2 Å². The first-order valence-corrected chi connectivity index (χ1v) is 12.7. The number of thioether (sulfide) groups is 1. The van der Waals surface area contributed by atoms with E-state index in [-0.39, 0.29) is 23.4 Å². The molecule has 1 aliphatic carbocycles. The summed E-state index contributed by atoms with van der Waals surface area (Å²) < 4.78 is 33.2. The zero-order chi connectivity index (χ0) is 22.0. The number of hydrogen-bond acceptors (Lipinski definition) is 6. The fourth-order valence-electron chi connectivity index (χ4n) is 3.49. The molecule has 31 heavy (non-hydrogen) atoms. The van der Waals surface area contributed by atoms with E-state index in [0.717, 1.165) is 29.8 Å². The lowest BCUT2D eigenvalue weighted by molar-refractivity contribution is -0.117. The van der Waals surface area contributed by atoms with Crippen LogP contribution in [0.4, 0.5) is 11.4 Å². The van der Waals surface area contributed by atoms with E-state index in [2.05, 4.69) is 17.0 Å². The number of benzene rings is 2. The zero-order valence-electron chi connectivity index (χ0n) is 17.6. The van der Waals surface area contributed by atoms with Crippen LogP contribution in [0, 0.1) is 0 Å². The molecule has 9 heteroatoms. The molecule has 0 bridgehead atoms. The molecule has 0 aromatic heterocycles. The number of ether oxygens (including phenoxy) is 1. The van der Waals surface area contributed by atoms with Gasteiger partial charge in [0.25, 0.3) is 0 Å². The average Bonchev–Trinajstić information content (AvgIpc) is 3.57. The maximum atomic E-state index is 13.1. The SMILES string of the molecule is COc1ccc(S(=O)(=O)NC2CC2)cc1NCC(=O)N1CC[C@@H](C)Sc2ccccc21. The lowest BCUT2D eigenvalue weighted by atomic mass is 10.2. The molecule has 0 unspecified atom stereocenters. The predicted octanol–water partition coefficient (Wildman–Crippen LogP) is 3.47. The van der Waals surface area contributed by atoms with E-state index in [1.54, 1.807) is 22.7 Å². The Labute approximate surface area is 187 Å². The van der Waals surface area contributed by atoms with Crippen molar-refractivity contribution in [2.75, 3.05) is 30.4 Å². The maximum Gasteiger partial charge on any atom is 0.246 e.